The summed E-state index contributed by atoms with van der Waals surface area (Å²) in [7, 11) is 1.35. The van der Waals surface area contributed by atoms with Gasteiger partial charge < -0.3 is 14.8 Å². The van der Waals surface area contributed by atoms with E-state index in [2.05, 4.69) is 10.1 Å². The van der Waals surface area contributed by atoms with Gasteiger partial charge in [-0.3, -0.25) is 4.79 Å². The van der Waals surface area contributed by atoms with E-state index in [9.17, 15) is 9.59 Å². The zero-order chi connectivity index (χ0) is 16.9. The fraction of sp³-hybridized carbons (Fsp3) is 0.263. The number of hydrogen-bond donors (Lipinski definition) is 1. The van der Waals surface area contributed by atoms with E-state index in [-0.39, 0.29) is 17.8 Å². The second-order valence-corrected chi connectivity index (χ2v) is 5.73. The van der Waals surface area contributed by atoms with Gasteiger partial charge in [-0.2, -0.15) is 0 Å². The lowest BCUT2D eigenvalue weighted by molar-refractivity contribution is -0.126. The Morgan fingerprint density at radius 3 is 2.67 bits per heavy atom. The number of esters is 1. The lowest BCUT2D eigenvalue weighted by Crippen LogP contribution is -2.37. The maximum atomic E-state index is 12.3. The highest BCUT2D eigenvalue weighted by molar-refractivity contribution is 5.89. The van der Waals surface area contributed by atoms with Gasteiger partial charge in [0.1, 0.15) is 12.4 Å². The van der Waals surface area contributed by atoms with Crippen LogP contribution in [0.5, 0.6) is 5.75 Å². The van der Waals surface area contributed by atoms with Gasteiger partial charge in [-0.15, -0.1) is 0 Å². The van der Waals surface area contributed by atoms with Crippen LogP contribution >= 0.6 is 0 Å². The third-order valence-corrected chi connectivity index (χ3v) is 4.09. The van der Waals surface area contributed by atoms with E-state index in [4.69, 9.17) is 4.74 Å². The van der Waals surface area contributed by atoms with Crippen molar-refractivity contribution in [1.29, 1.82) is 0 Å². The van der Waals surface area contributed by atoms with Crippen molar-refractivity contribution in [2.24, 2.45) is 5.92 Å². The average molecular weight is 325 g/mol. The molecule has 5 nitrogen and oxygen atoms in total. The van der Waals surface area contributed by atoms with Crippen molar-refractivity contribution in [3.05, 3.63) is 65.2 Å². The molecule has 3 rings (SSSR count). The van der Waals surface area contributed by atoms with Crippen LogP contribution in [0.3, 0.4) is 0 Å². The minimum atomic E-state index is -0.372. The summed E-state index contributed by atoms with van der Waals surface area (Å²) in [5.41, 5.74) is 2.48. The van der Waals surface area contributed by atoms with Crippen molar-refractivity contribution in [2.75, 3.05) is 13.7 Å². The number of methoxy groups -OCH3 is 1. The van der Waals surface area contributed by atoms with Crippen LogP contribution in [-0.2, 0) is 22.5 Å². The molecule has 0 aromatic heterocycles. The van der Waals surface area contributed by atoms with Gasteiger partial charge in [0.05, 0.1) is 18.6 Å². The Bertz CT molecular complexity index is 739. The van der Waals surface area contributed by atoms with Crippen LogP contribution in [0.4, 0.5) is 0 Å². The SMILES string of the molecule is COC(=O)c1ccc(CNC(=O)[C@H]2COc3ccccc3C2)cc1. The molecular formula is C19H19NO4. The molecule has 1 amide bonds. The van der Waals surface area contributed by atoms with E-state index in [0.29, 0.717) is 25.1 Å². The Hall–Kier alpha value is -2.82. The lowest BCUT2D eigenvalue weighted by Gasteiger charge is -2.24. The highest BCUT2D eigenvalue weighted by Gasteiger charge is 2.25. The molecule has 0 radical (unpaired) electrons. The molecule has 1 heterocycles. The predicted molar refractivity (Wildman–Crippen MR) is 88.8 cm³/mol. The molecule has 5 heteroatoms. The minimum absolute atomic E-state index is 0.0263. The second kappa shape index (κ2) is 7.17. The third-order valence-electron chi connectivity index (χ3n) is 4.09. The van der Waals surface area contributed by atoms with Crippen molar-refractivity contribution in [3.63, 3.8) is 0 Å². The van der Waals surface area contributed by atoms with Crippen molar-refractivity contribution in [3.8, 4) is 5.75 Å². The summed E-state index contributed by atoms with van der Waals surface area (Å²) in [4.78, 5) is 23.7. The molecule has 2 aromatic rings. The van der Waals surface area contributed by atoms with E-state index in [1.54, 1.807) is 24.3 Å². The molecule has 0 saturated heterocycles. The molecule has 2 aromatic carbocycles. The fourth-order valence-corrected chi connectivity index (χ4v) is 2.71. The quantitative estimate of drug-likeness (QED) is 0.877. The number of ether oxygens (including phenoxy) is 2. The number of rotatable bonds is 4. The van der Waals surface area contributed by atoms with Gasteiger partial charge in [-0.25, -0.2) is 4.79 Å². The average Bonchev–Trinajstić information content (AvgIpc) is 2.65. The van der Waals surface area contributed by atoms with Crippen LogP contribution in [0.1, 0.15) is 21.5 Å². The third kappa shape index (κ3) is 3.56. The topological polar surface area (TPSA) is 64.6 Å². The summed E-state index contributed by atoms with van der Waals surface area (Å²) in [6.07, 6.45) is 0.684. The maximum Gasteiger partial charge on any atom is 0.337 e. The molecule has 0 aliphatic carbocycles. The second-order valence-electron chi connectivity index (χ2n) is 5.73. The molecule has 0 saturated carbocycles. The Labute approximate surface area is 140 Å². The molecular weight excluding hydrogens is 306 g/mol. The smallest absolute Gasteiger partial charge is 0.337 e. The van der Waals surface area contributed by atoms with Crippen LogP contribution in [0.15, 0.2) is 48.5 Å². The zero-order valence-electron chi connectivity index (χ0n) is 13.5. The molecule has 0 bridgehead atoms. The Morgan fingerprint density at radius 2 is 1.92 bits per heavy atom. The van der Waals surface area contributed by atoms with E-state index in [1.807, 2.05) is 24.3 Å². The van der Waals surface area contributed by atoms with E-state index < -0.39 is 0 Å². The fourth-order valence-electron chi connectivity index (χ4n) is 2.71. The first kappa shape index (κ1) is 16.1. The van der Waals surface area contributed by atoms with Gasteiger partial charge in [0.25, 0.3) is 0 Å². The van der Waals surface area contributed by atoms with Gasteiger partial charge in [0, 0.05) is 6.54 Å². The standard InChI is InChI=1S/C19H19NO4/c1-23-19(22)14-8-6-13(7-9-14)11-20-18(21)16-10-15-4-2-3-5-17(15)24-12-16/h2-9,16H,10-12H2,1H3,(H,20,21)/t16-/m1/s1. The molecule has 24 heavy (non-hydrogen) atoms. The molecule has 1 aliphatic rings. The summed E-state index contributed by atoms with van der Waals surface area (Å²) < 4.78 is 10.3. The molecule has 1 N–H and O–H groups in total. The first-order chi connectivity index (χ1) is 11.7. The molecule has 1 atom stereocenters. The number of para-hydroxylation sites is 1. The molecule has 0 fully saturated rings. The summed E-state index contributed by atoms with van der Waals surface area (Å²) in [6, 6.07) is 14.8. The first-order valence-electron chi connectivity index (χ1n) is 7.83. The summed E-state index contributed by atoms with van der Waals surface area (Å²) >= 11 is 0. The number of amides is 1. The molecule has 1 aliphatic heterocycles. The summed E-state index contributed by atoms with van der Waals surface area (Å²) in [5.74, 6) is 0.277. The first-order valence-corrected chi connectivity index (χ1v) is 7.83. The molecule has 124 valence electrons. The number of benzene rings is 2. The van der Waals surface area contributed by atoms with Crippen LogP contribution in [-0.4, -0.2) is 25.6 Å². The maximum absolute atomic E-state index is 12.3. The molecule has 0 unspecified atom stereocenters. The van der Waals surface area contributed by atoms with Gasteiger partial charge in [0.2, 0.25) is 5.91 Å². The van der Waals surface area contributed by atoms with Crippen LogP contribution in [0.2, 0.25) is 0 Å². The highest BCUT2D eigenvalue weighted by Crippen LogP contribution is 2.26. The molecule has 0 spiro atoms. The normalized spacial score (nSPS) is 15.8. The van der Waals surface area contributed by atoms with Crippen molar-refractivity contribution >= 4 is 11.9 Å². The Morgan fingerprint density at radius 1 is 1.17 bits per heavy atom. The van der Waals surface area contributed by atoms with Gasteiger partial charge in [-0.1, -0.05) is 30.3 Å². The number of carbonyl (C=O) groups excluding carboxylic acids is 2. The minimum Gasteiger partial charge on any atom is -0.492 e. The van der Waals surface area contributed by atoms with Crippen molar-refractivity contribution < 1.29 is 19.1 Å². The summed E-state index contributed by atoms with van der Waals surface area (Å²) in [6.45, 7) is 0.808. The monoisotopic (exact) mass is 325 g/mol. The van der Waals surface area contributed by atoms with Crippen LogP contribution in [0.25, 0.3) is 0 Å². The van der Waals surface area contributed by atoms with Crippen LogP contribution in [0, 0.1) is 5.92 Å². The number of nitrogens with one attached hydrogen (secondary N) is 1. The Balaban J connectivity index is 1.55. The van der Waals surface area contributed by atoms with Gasteiger partial charge in [-0.05, 0) is 35.7 Å². The van der Waals surface area contributed by atoms with Gasteiger partial charge in [0.15, 0.2) is 0 Å². The Kier molecular flexibility index (Phi) is 4.79. The van der Waals surface area contributed by atoms with E-state index in [1.165, 1.54) is 7.11 Å². The van der Waals surface area contributed by atoms with Crippen molar-refractivity contribution in [1.82, 2.24) is 5.32 Å². The highest BCUT2D eigenvalue weighted by atomic mass is 16.5. The number of hydrogen-bond acceptors (Lipinski definition) is 4. The van der Waals surface area contributed by atoms with E-state index >= 15 is 0 Å². The summed E-state index contributed by atoms with van der Waals surface area (Å²) in [5, 5.41) is 2.93. The van der Waals surface area contributed by atoms with Gasteiger partial charge >= 0.3 is 5.97 Å². The largest absolute Gasteiger partial charge is 0.492 e. The predicted octanol–water partition coefficient (Wildman–Crippen LogP) is 2.34. The number of fused-ring (bicyclic) bond motifs is 1. The van der Waals surface area contributed by atoms with Crippen LogP contribution < -0.4 is 10.1 Å². The van der Waals surface area contributed by atoms with Crippen molar-refractivity contribution in [2.45, 2.75) is 13.0 Å². The zero-order valence-corrected chi connectivity index (χ0v) is 13.5. The lowest BCUT2D eigenvalue weighted by atomic mass is 9.96. The number of carbonyl (C=O) groups is 2. The van der Waals surface area contributed by atoms with E-state index in [0.717, 1.165) is 16.9 Å².